The highest BCUT2D eigenvalue weighted by molar-refractivity contribution is 14.1. The minimum absolute atomic E-state index is 0.900. The van der Waals surface area contributed by atoms with Gasteiger partial charge in [0, 0.05) is 0 Å². The minimum Gasteiger partial charge on any atom is -0.795 e. The zero-order valence-electron chi connectivity index (χ0n) is 5.23. The molecule has 0 amide bonds. The highest BCUT2D eigenvalue weighted by Gasteiger charge is 1.88. The second kappa shape index (κ2) is 4.80. The molecule has 0 unspecified atom stereocenters. The maximum Gasteiger partial charge on any atom is 0.0675 e. The average Bonchev–Trinajstić information content (AvgIpc) is 1.36. The van der Waals surface area contributed by atoms with E-state index in [1.807, 2.05) is 0 Å². The van der Waals surface area contributed by atoms with Crippen molar-refractivity contribution in [2.45, 2.75) is 0 Å². The van der Waals surface area contributed by atoms with Crippen molar-refractivity contribution in [3.63, 3.8) is 0 Å². The Morgan fingerprint density at radius 1 is 1.00 bits per heavy atom. The van der Waals surface area contributed by atoms with E-state index in [2.05, 4.69) is 28.2 Å². The van der Waals surface area contributed by atoms with Gasteiger partial charge in [-0.2, -0.15) is 0 Å². The molecule has 0 N–H and O–H groups in total. The van der Waals surface area contributed by atoms with Gasteiger partial charge in [0.1, 0.15) is 0 Å². The minimum atomic E-state index is 0.900. The lowest BCUT2D eigenvalue weighted by Gasteiger charge is -2.14. The molecular weight excluding hydrogens is 205 g/mol. The molecule has 0 rings (SSSR count). The largest absolute Gasteiger partial charge is 0.795 e. The van der Waals surface area contributed by atoms with Crippen LogP contribution < -0.4 is 3.44 Å². The molecule has 0 aliphatic rings. The van der Waals surface area contributed by atoms with Crippen molar-refractivity contribution < 1.29 is 7.92 Å². The number of rotatable bonds is 0. The predicted molar refractivity (Wildman–Crippen MR) is 38.0 cm³/mol. The van der Waals surface area contributed by atoms with Gasteiger partial charge in [-0.25, -0.2) is 23.0 Å². The third kappa shape index (κ3) is 340. The van der Waals surface area contributed by atoms with Crippen LogP contribution in [0.25, 0.3) is 0 Å². The maximum atomic E-state index is 8.22. The molecule has 0 spiro atoms. The topological polar surface area (TPSA) is 23.1 Å². The van der Waals surface area contributed by atoms with Gasteiger partial charge in [0.2, 0.25) is 0 Å². The molecule has 0 radical (unpaired) electrons. The first-order chi connectivity index (χ1) is 3.00. The Morgan fingerprint density at radius 3 is 1.00 bits per heavy atom. The molecular formula is C4H12INO. The zero-order valence-corrected chi connectivity index (χ0v) is 7.39. The standard InChI is InChI=1S/C4H12N.IO/c1-5(2,3)4;1-2/h1-4H3;/q+1;-1. The molecule has 0 aromatic rings. The summed E-state index contributed by atoms with van der Waals surface area (Å²) in [4.78, 5) is 0. The van der Waals surface area contributed by atoms with Crippen LogP contribution in [-0.4, -0.2) is 32.7 Å². The molecule has 0 heterocycles. The molecule has 0 saturated heterocycles. The number of nitrogens with zero attached hydrogens (tertiary/aromatic N) is 1. The summed E-state index contributed by atoms with van der Waals surface area (Å²) in [6.07, 6.45) is 0. The summed E-state index contributed by atoms with van der Waals surface area (Å²) >= 11 is 0.900. The molecule has 0 aliphatic heterocycles. The molecule has 0 atom stereocenters. The van der Waals surface area contributed by atoms with Crippen LogP contribution in [0.5, 0.6) is 0 Å². The van der Waals surface area contributed by atoms with Crippen molar-refractivity contribution in [1.29, 1.82) is 0 Å². The Balaban J connectivity index is 0. The van der Waals surface area contributed by atoms with E-state index < -0.39 is 0 Å². The van der Waals surface area contributed by atoms with Crippen molar-refractivity contribution in [2.75, 3.05) is 28.2 Å². The number of quaternary nitrogens is 1. The number of halogens is 1. The van der Waals surface area contributed by atoms with Crippen LogP contribution in [0.1, 0.15) is 0 Å². The Hall–Kier alpha value is 0.650. The summed E-state index contributed by atoms with van der Waals surface area (Å²) in [6.45, 7) is 0. The van der Waals surface area contributed by atoms with Crippen molar-refractivity contribution in [1.82, 2.24) is 0 Å². The summed E-state index contributed by atoms with van der Waals surface area (Å²) in [5, 5.41) is 0. The first kappa shape index (κ1) is 10.6. The van der Waals surface area contributed by atoms with E-state index in [-0.39, 0.29) is 0 Å². The predicted octanol–water partition coefficient (Wildman–Crippen LogP) is 0.0191. The van der Waals surface area contributed by atoms with E-state index in [1.165, 1.54) is 0 Å². The fraction of sp³-hybridized carbons (Fsp3) is 1.00. The van der Waals surface area contributed by atoms with Crippen LogP contribution in [0.2, 0.25) is 0 Å². The van der Waals surface area contributed by atoms with E-state index in [0.29, 0.717) is 0 Å². The summed E-state index contributed by atoms with van der Waals surface area (Å²) in [5.74, 6) is 0. The van der Waals surface area contributed by atoms with E-state index in [1.54, 1.807) is 0 Å². The SMILES string of the molecule is C[N+](C)(C)C.[O-]I. The molecule has 0 fully saturated rings. The van der Waals surface area contributed by atoms with Gasteiger partial charge in [-0.05, 0) is 0 Å². The van der Waals surface area contributed by atoms with Gasteiger partial charge in [-0.1, -0.05) is 0 Å². The summed E-state index contributed by atoms with van der Waals surface area (Å²) in [6, 6.07) is 0. The number of hydrogen-bond acceptors (Lipinski definition) is 1. The van der Waals surface area contributed by atoms with E-state index in [4.69, 9.17) is 3.44 Å². The molecule has 3 heteroatoms. The van der Waals surface area contributed by atoms with E-state index in [9.17, 15) is 0 Å². The van der Waals surface area contributed by atoms with Gasteiger partial charge in [0.15, 0.2) is 0 Å². The van der Waals surface area contributed by atoms with Crippen LogP contribution in [0.15, 0.2) is 0 Å². The quantitative estimate of drug-likeness (QED) is 0.414. The van der Waals surface area contributed by atoms with Gasteiger partial charge < -0.3 is 7.92 Å². The molecule has 46 valence electrons. The highest BCUT2D eigenvalue weighted by atomic mass is 127. The van der Waals surface area contributed by atoms with Crippen molar-refractivity contribution >= 4 is 23.0 Å². The molecule has 0 aromatic carbocycles. The summed E-state index contributed by atoms with van der Waals surface area (Å²) in [5.41, 5.74) is 0. The van der Waals surface area contributed by atoms with Crippen LogP contribution in [0, 0.1) is 0 Å². The first-order valence-corrected chi connectivity index (χ1v) is 2.82. The third-order valence-electron chi connectivity index (χ3n) is 0. The Labute approximate surface area is 59.4 Å². The monoisotopic (exact) mass is 217 g/mol. The van der Waals surface area contributed by atoms with Gasteiger partial charge in [-0.3, -0.25) is 0 Å². The van der Waals surface area contributed by atoms with E-state index >= 15 is 0 Å². The Kier molecular flexibility index (Phi) is 7.27. The van der Waals surface area contributed by atoms with Crippen molar-refractivity contribution in [3.05, 3.63) is 0 Å². The van der Waals surface area contributed by atoms with E-state index in [0.717, 1.165) is 27.5 Å². The molecule has 0 bridgehead atoms. The van der Waals surface area contributed by atoms with Crippen LogP contribution in [0.3, 0.4) is 0 Å². The molecule has 0 aliphatic carbocycles. The Morgan fingerprint density at radius 2 is 1.00 bits per heavy atom. The molecule has 2 nitrogen and oxygen atoms in total. The highest BCUT2D eigenvalue weighted by Crippen LogP contribution is 1.73. The van der Waals surface area contributed by atoms with Gasteiger partial charge >= 0.3 is 0 Å². The molecule has 0 aromatic heterocycles. The lowest BCUT2D eigenvalue weighted by molar-refractivity contribution is -0.849. The first-order valence-electron chi connectivity index (χ1n) is 1.94. The van der Waals surface area contributed by atoms with Gasteiger partial charge in [-0.15, -0.1) is 0 Å². The molecule has 0 saturated carbocycles. The smallest absolute Gasteiger partial charge is 0.0675 e. The second-order valence-corrected chi connectivity index (χ2v) is 2.68. The van der Waals surface area contributed by atoms with Gasteiger partial charge in [0.25, 0.3) is 0 Å². The third-order valence-corrected chi connectivity index (χ3v) is 0. The van der Waals surface area contributed by atoms with Crippen LogP contribution >= 0.6 is 23.0 Å². The normalized spacial score (nSPS) is 9.43. The fourth-order valence-corrected chi connectivity index (χ4v) is 0. The Bertz CT molecular complexity index is 27.2. The summed E-state index contributed by atoms with van der Waals surface area (Å²) in [7, 11) is 8.50. The van der Waals surface area contributed by atoms with Gasteiger partial charge in [0.05, 0.1) is 28.2 Å². The van der Waals surface area contributed by atoms with Crippen LogP contribution in [0.4, 0.5) is 0 Å². The summed E-state index contributed by atoms with van der Waals surface area (Å²) < 4.78 is 9.22. The lowest BCUT2D eigenvalue weighted by atomic mass is 10.8. The maximum absolute atomic E-state index is 8.22. The number of hydrogen-bond donors (Lipinski definition) is 0. The lowest BCUT2D eigenvalue weighted by Crippen LogP contribution is -2.27. The molecule has 7 heavy (non-hydrogen) atoms. The second-order valence-electron chi connectivity index (χ2n) is 2.68. The van der Waals surface area contributed by atoms with Crippen molar-refractivity contribution in [3.8, 4) is 0 Å². The van der Waals surface area contributed by atoms with Crippen LogP contribution in [-0.2, 0) is 0 Å². The van der Waals surface area contributed by atoms with Crippen molar-refractivity contribution in [2.24, 2.45) is 0 Å². The zero-order chi connectivity index (χ0) is 6.50. The fourth-order valence-electron chi connectivity index (χ4n) is 0. The average molecular weight is 217 g/mol.